The number of piperidine rings is 1. The minimum absolute atomic E-state index is 0.229. The van der Waals surface area contributed by atoms with Gasteiger partial charge in [-0.05, 0) is 31.2 Å². The van der Waals surface area contributed by atoms with Crippen molar-refractivity contribution < 1.29 is 8.42 Å². The molecule has 124 valence electrons. The number of benzene rings is 1. The van der Waals surface area contributed by atoms with Crippen LogP contribution in [0.4, 0.5) is 0 Å². The molecule has 1 aromatic carbocycles. The molecular weight excluding hydrogens is 310 g/mol. The van der Waals surface area contributed by atoms with Gasteiger partial charge in [-0.1, -0.05) is 30.3 Å². The van der Waals surface area contributed by atoms with Crippen LogP contribution in [-0.2, 0) is 16.4 Å². The molecule has 6 heteroatoms. The third-order valence-electron chi connectivity index (χ3n) is 4.46. The summed E-state index contributed by atoms with van der Waals surface area (Å²) in [5.41, 5.74) is 1.19. The molecule has 1 aliphatic rings. The van der Waals surface area contributed by atoms with Crippen LogP contribution in [0.2, 0.25) is 0 Å². The largest absolute Gasteiger partial charge is 0.348 e. The predicted octanol–water partition coefficient (Wildman–Crippen LogP) is 2.55. The van der Waals surface area contributed by atoms with E-state index in [1.54, 1.807) is 10.5 Å². The molecule has 1 aromatic heterocycles. The second-order valence-corrected chi connectivity index (χ2v) is 8.14. The molecule has 1 aliphatic heterocycles. The second-order valence-electron chi connectivity index (χ2n) is 6.05. The Hall–Kier alpha value is -1.66. The Bertz CT molecular complexity index is 691. The number of rotatable bonds is 6. The van der Waals surface area contributed by atoms with Gasteiger partial charge in [0.1, 0.15) is 5.82 Å². The Kier molecular flexibility index (Phi) is 5.13. The van der Waals surface area contributed by atoms with Gasteiger partial charge in [-0.3, -0.25) is 0 Å². The van der Waals surface area contributed by atoms with Gasteiger partial charge in [-0.2, -0.15) is 0 Å². The van der Waals surface area contributed by atoms with Crippen molar-refractivity contribution in [2.75, 3.05) is 18.8 Å². The SMILES string of the molecule is O=S(=O)(CCCc1ccccc1)N1CCC(c2ncc[nH]2)CC1. The van der Waals surface area contributed by atoms with E-state index >= 15 is 0 Å². The lowest BCUT2D eigenvalue weighted by Crippen LogP contribution is -2.39. The number of nitrogens with one attached hydrogen (secondary N) is 1. The van der Waals surface area contributed by atoms with Crippen molar-refractivity contribution in [3.05, 3.63) is 54.1 Å². The summed E-state index contributed by atoms with van der Waals surface area (Å²) in [6.07, 6.45) is 6.73. The molecule has 5 nitrogen and oxygen atoms in total. The fourth-order valence-corrected chi connectivity index (χ4v) is 4.68. The monoisotopic (exact) mass is 333 g/mol. The van der Waals surface area contributed by atoms with Crippen LogP contribution in [0.5, 0.6) is 0 Å². The first-order chi connectivity index (χ1) is 11.1. The number of imidazole rings is 1. The number of aromatic amines is 1. The maximum Gasteiger partial charge on any atom is 0.214 e. The van der Waals surface area contributed by atoms with Crippen molar-refractivity contribution in [1.82, 2.24) is 14.3 Å². The summed E-state index contributed by atoms with van der Waals surface area (Å²) < 4.78 is 26.6. The van der Waals surface area contributed by atoms with E-state index in [4.69, 9.17) is 0 Å². The summed E-state index contributed by atoms with van der Waals surface area (Å²) >= 11 is 0. The van der Waals surface area contributed by atoms with E-state index in [0.29, 0.717) is 25.4 Å². The number of hydrogen-bond acceptors (Lipinski definition) is 3. The zero-order chi connectivity index (χ0) is 16.1. The van der Waals surface area contributed by atoms with Crippen LogP contribution in [0.3, 0.4) is 0 Å². The van der Waals surface area contributed by atoms with E-state index in [9.17, 15) is 8.42 Å². The fraction of sp³-hybridized carbons (Fsp3) is 0.471. The first kappa shape index (κ1) is 16.2. The van der Waals surface area contributed by atoms with E-state index < -0.39 is 10.0 Å². The zero-order valence-corrected chi connectivity index (χ0v) is 14.0. The third-order valence-corrected chi connectivity index (χ3v) is 6.42. The molecular formula is C17H23N3O2S. The number of hydrogen-bond donors (Lipinski definition) is 1. The van der Waals surface area contributed by atoms with Crippen LogP contribution in [-0.4, -0.2) is 41.5 Å². The van der Waals surface area contributed by atoms with Gasteiger partial charge in [0, 0.05) is 31.4 Å². The molecule has 0 saturated carbocycles. The second kappa shape index (κ2) is 7.27. The van der Waals surface area contributed by atoms with Gasteiger partial charge in [0.2, 0.25) is 10.0 Å². The third kappa shape index (κ3) is 4.20. The van der Waals surface area contributed by atoms with E-state index in [1.807, 2.05) is 36.5 Å². The standard InChI is InChI=1S/C17H23N3O2S/c21-23(22,14-4-7-15-5-2-1-3-6-15)20-12-8-16(9-13-20)17-18-10-11-19-17/h1-3,5-6,10-11,16H,4,7-9,12-14H2,(H,18,19). The van der Waals surface area contributed by atoms with Crippen LogP contribution in [0, 0.1) is 0 Å². The summed E-state index contributed by atoms with van der Waals surface area (Å²) in [5, 5.41) is 0. The Balaban J connectivity index is 1.48. The van der Waals surface area contributed by atoms with Gasteiger partial charge in [0.25, 0.3) is 0 Å². The summed E-state index contributed by atoms with van der Waals surface area (Å²) in [7, 11) is -3.14. The van der Waals surface area contributed by atoms with E-state index in [0.717, 1.165) is 25.1 Å². The molecule has 1 fully saturated rings. The Morgan fingerprint density at radius 2 is 1.91 bits per heavy atom. The molecule has 2 aromatic rings. The van der Waals surface area contributed by atoms with Gasteiger partial charge in [-0.15, -0.1) is 0 Å². The highest BCUT2D eigenvalue weighted by molar-refractivity contribution is 7.89. The molecule has 0 spiro atoms. The molecule has 1 N–H and O–H groups in total. The van der Waals surface area contributed by atoms with Gasteiger partial charge >= 0.3 is 0 Å². The highest BCUT2D eigenvalue weighted by Gasteiger charge is 2.29. The minimum Gasteiger partial charge on any atom is -0.348 e. The normalized spacial score (nSPS) is 17.4. The summed E-state index contributed by atoms with van der Waals surface area (Å²) in [6.45, 7) is 1.19. The molecule has 0 aliphatic carbocycles. The van der Waals surface area contributed by atoms with Crippen molar-refractivity contribution >= 4 is 10.0 Å². The summed E-state index contributed by atoms with van der Waals surface area (Å²) in [5.74, 6) is 1.56. The van der Waals surface area contributed by atoms with E-state index in [1.165, 1.54) is 5.56 Å². The van der Waals surface area contributed by atoms with Crippen LogP contribution >= 0.6 is 0 Å². The van der Waals surface area contributed by atoms with Crippen molar-refractivity contribution in [1.29, 1.82) is 0 Å². The summed E-state index contributed by atoms with van der Waals surface area (Å²) in [6, 6.07) is 10.0. The van der Waals surface area contributed by atoms with Crippen LogP contribution in [0.1, 0.15) is 36.6 Å². The first-order valence-electron chi connectivity index (χ1n) is 8.16. The first-order valence-corrected chi connectivity index (χ1v) is 9.77. The number of sulfonamides is 1. The average molecular weight is 333 g/mol. The number of nitrogens with zero attached hydrogens (tertiary/aromatic N) is 2. The molecule has 0 unspecified atom stereocenters. The smallest absolute Gasteiger partial charge is 0.214 e. The summed E-state index contributed by atoms with van der Waals surface area (Å²) in [4.78, 5) is 7.42. The van der Waals surface area contributed by atoms with Gasteiger partial charge < -0.3 is 4.98 Å². The topological polar surface area (TPSA) is 66.1 Å². The lowest BCUT2D eigenvalue weighted by molar-refractivity contribution is 0.314. The van der Waals surface area contributed by atoms with Crippen molar-refractivity contribution in [3.8, 4) is 0 Å². The average Bonchev–Trinajstić information content (AvgIpc) is 3.10. The molecule has 0 radical (unpaired) electrons. The van der Waals surface area contributed by atoms with Crippen LogP contribution < -0.4 is 0 Å². The van der Waals surface area contributed by atoms with Crippen LogP contribution in [0.25, 0.3) is 0 Å². The van der Waals surface area contributed by atoms with Crippen molar-refractivity contribution in [2.45, 2.75) is 31.6 Å². The van der Waals surface area contributed by atoms with Crippen molar-refractivity contribution in [2.24, 2.45) is 0 Å². The van der Waals surface area contributed by atoms with E-state index in [-0.39, 0.29) is 5.75 Å². The minimum atomic E-state index is -3.14. The van der Waals surface area contributed by atoms with Gasteiger partial charge in [0.05, 0.1) is 5.75 Å². The number of aromatic nitrogens is 2. The lowest BCUT2D eigenvalue weighted by Gasteiger charge is -2.30. The number of H-pyrrole nitrogens is 1. The predicted molar refractivity (Wildman–Crippen MR) is 90.7 cm³/mol. The van der Waals surface area contributed by atoms with E-state index in [2.05, 4.69) is 9.97 Å². The number of aryl methyl sites for hydroxylation is 1. The Morgan fingerprint density at radius 3 is 2.57 bits per heavy atom. The molecule has 1 saturated heterocycles. The molecule has 23 heavy (non-hydrogen) atoms. The Labute approximate surface area is 137 Å². The molecule has 0 amide bonds. The van der Waals surface area contributed by atoms with Gasteiger partial charge in [0.15, 0.2) is 0 Å². The van der Waals surface area contributed by atoms with Crippen LogP contribution in [0.15, 0.2) is 42.7 Å². The molecule has 0 atom stereocenters. The van der Waals surface area contributed by atoms with Crippen molar-refractivity contribution in [3.63, 3.8) is 0 Å². The van der Waals surface area contributed by atoms with Gasteiger partial charge in [-0.25, -0.2) is 17.7 Å². The fourth-order valence-electron chi connectivity index (χ4n) is 3.14. The molecule has 0 bridgehead atoms. The Morgan fingerprint density at radius 1 is 1.17 bits per heavy atom. The highest BCUT2D eigenvalue weighted by atomic mass is 32.2. The molecule has 2 heterocycles. The maximum atomic E-state index is 12.5. The molecule has 3 rings (SSSR count). The lowest BCUT2D eigenvalue weighted by atomic mass is 9.98. The maximum absolute atomic E-state index is 12.5. The zero-order valence-electron chi connectivity index (χ0n) is 13.2. The highest BCUT2D eigenvalue weighted by Crippen LogP contribution is 2.27. The quantitative estimate of drug-likeness (QED) is 0.883.